The molecule has 0 saturated carbocycles. The third-order valence-electron chi connectivity index (χ3n) is 3.98. The Morgan fingerprint density at radius 2 is 1.80 bits per heavy atom. The van der Waals surface area contributed by atoms with Crippen LogP contribution in [-0.2, 0) is 10.0 Å². The minimum Gasteiger partial charge on any atom is -0.352 e. The Balaban J connectivity index is 1.96. The lowest BCUT2D eigenvalue weighted by Crippen LogP contribution is -2.33. The molecule has 0 radical (unpaired) electrons. The molecule has 2 aromatic rings. The lowest BCUT2D eigenvalue weighted by atomic mass is 10.2. The van der Waals surface area contributed by atoms with E-state index in [1.807, 2.05) is 0 Å². The fourth-order valence-electron chi connectivity index (χ4n) is 2.59. The van der Waals surface area contributed by atoms with Crippen LogP contribution in [0.3, 0.4) is 0 Å². The Morgan fingerprint density at radius 3 is 2.47 bits per heavy atom. The van der Waals surface area contributed by atoms with Gasteiger partial charge in [0.1, 0.15) is 5.82 Å². The normalized spacial score (nSPS) is 12.1. The number of rotatable bonds is 9. The van der Waals surface area contributed by atoms with E-state index in [0.29, 0.717) is 0 Å². The van der Waals surface area contributed by atoms with E-state index in [4.69, 9.17) is 0 Å². The molecule has 2 aromatic carbocycles. The molecule has 0 heterocycles. The van der Waals surface area contributed by atoms with Crippen LogP contribution >= 0.6 is 0 Å². The van der Waals surface area contributed by atoms with E-state index in [0.717, 1.165) is 17.0 Å². The Labute approximate surface area is 171 Å². The first kappa shape index (κ1) is 23.6. The second-order valence-corrected chi connectivity index (χ2v) is 8.26. The SMILES string of the molecule is CN(CCCNC(=O)c1cccc(S(=O)(=O)Nc2ccccc2F)c1)CC(F)(F)F. The van der Waals surface area contributed by atoms with E-state index in [2.05, 4.69) is 10.0 Å². The summed E-state index contributed by atoms with van der Waals surface area (Å²) in [4.78, 5) is 13.1. The van der Waals surface area contributed by atoms with E-state index in [9.17, 15) is 30.8 Å². The van der Waals surface area contributed by atoms with Crippen LogP contribution in [0.2, 0.25) is 0 Å². The average Bonchev–Trinajstić information content (AvgIpc) is 2.65. The standard InChI is InChI=1S/C19H21F4N3O3S/c1-26(13-19(21,22)23)11-5-10-24-18(27)14-6-4-7-15(12-14)30(28,29)25-17-9-3-2-8-16(17)20/h2-4,6-9,12,25H,5,10-11,13H2,1H3,(H,24,27). The molecule has 1 amide bonds. The molecule has 0 spiro atoms. The summed E-state index contributed by atoms with van der Waals surface area (Å²) in [6.45, 7) is -0.803. The molecule has 0 aliphatic rings. The minimum atomic E-state index is -4.29. The molecule has 11 heteroatoms. The van der Waals surface area contributed by atoms with E-state index >= 15 is 0 Å². The van der Waals surface area contributed by atoms with Crippen LogP contribution in [0, 0.1) is 5.82 Å². The fraction of sp³-hybridized carbons (Fsp3) is 0.316. The molecule has 0 aliphatic heterocycles. The van der Waals surface area contributed by atoms with Crippen molar-refractivity contribution in [3.05, 3.63) is 59.9 Å². The summed E-state index contributed by atoms with van der Waals surface area (Å²) in [5.41, 5.74) is -0.176. The number of carbonyl (C=O) groups is 1. The first-order chi connectivity index (χ1) is 14.0. The number of alkyl halides is 3. The number of anilines is 1. The Bertz CT molecular complexity index is 981. The van der Waals surface area contributed by atoms with Gasteiger partial charge in [0, 0.05) is 12.1 Å². The number of halogens is 4. The average molecular weight is 447 g/mol. The molecule has 164 valence electrons. The molecule has 30 heavy (non-hydrogen) atoms. The highest BCUT2D eigenvalue weighted by Crippen LogP contribution is 2.19. The van der Waals surface area contributed by atoms with Crippen molar-refractivity contribution in [2.24, 2.45) is 0 Å². The second kappa shape index (κ2) is 9.90. The molecule has 2 N–H and O–H groups in total. The number of hydrogen-bond donors (Lipinski definition) is 2. The molecule has 2 rings (SSSR count). The van der Waals surface area contributed by atoms with Gasteiger partial charge in [-0.05, 0) is 50.3 Å². The second-order valence-electron chi connectivity index (χ2n) is 6.58. The molecule has 0 aliphatic carbocycles. The van der Waals surface area contributed by atoms with Crippen LogP contribution in [0.5, 0.6) is 0 Å². The van der Waals surface area contributed by atoms with Crippen LogP contribution in [0.1, 0.15) is 16.8 Å². The van der Waals surface area contributed by atoms with E-state index in [1.54, 1.807) is 0 Å². The van der Waals surface area contributed by atoms with Gasteiger partial charge in [-0.3, -0.25) is 14.4 Å². The van der Waals surface area contributed by atoms with Crippen LogP contribution in [-0.4, -0.2) is 52.1 Å². The number of nitrogens with one attached hydrogen (secondary N) is 2. The molecule has 0 aromatic heterocycles. The smallest absolute Gasteiger partial charge is 0.352 e. The van der Waals surface area contributed by atoms with E-state index in [1.165, 1.54) is 43.4 Å². The molecule has 6 nitrogen and oxygen atoms in total. The van der Waals surface area contributed by atoms with Gasteiger partial charge in [0.15, 0.2) is 0 Å². The van der Waals surface area contributed by atoms with Crippen LogP contribution in [0.25, 0.3) is 0 Å². The molecule has 0 bridgehead atoms. The summed E-state index contributed by atoms with van der Waals surface area (Å²) in [6, 6.07) is 10.4. The Kier molecular flexibility index (Phi) is 7.79. The lowest BCUT2D eigenvalue weighted by Gasteiger charge is -2.18. The predicted molar refractivity (Wildman–Crippen MR) is 104 cm³/mol. The highest BCUT2D eigenvalue weighted by atomic mass is 32.2. The zero-order valence-corrected chi connectivity index (χ0v) is 16.9. The van der Waals surface area contributed by atoms with E-state index < -0.39 is 34.5 Å². The van der Waals surface area contributed by atoms with Gasteiger partial charge in [-0.1, -0.05) is 18.2 Å². The zero-order chi connectivity index (χ0) is 22.4. The summed E-state index contributed by atoms with van der Waals surface area (Å²) in [7, 11) is -2.80. The van der Waals surface area contributed by atoms with Crippen LogP contribution in [0.4, 0.5) is 23.2 Å². The van der Waals surface area contributed by atoms with Gasteiger partial charge in [0.05, 0.1) is 17.1 Å². The van der Waals surface area contributed by atoms with Crippen molar-refractivity contribution >= 4 is 21.6 Å². The lowest BCUT2D eigenvalue weighted by molar-refractivity contribution is -0.143. The number of amides is 1. The highest BCUT2D eigenvalue weighted by Gasteiger charge is 2.28. The maximum Gasteiger partial charge on any atom is 0.401 e. The van der Waals surface area contributed by atoms with Crippen molar-refractivity contribution < 1.29 is 30.8 Å². The fourth-order valence-corrected chi connectivity index (χ4v) is 3.70. The van der Waals surface area contributed by atoms with Crippen molar-refractivity contribution in [2.75, 3.05) is 31.4 Å². The van der Waals surface area contributed by atoms with Crippen LogP contribution < -0.4 is 10.0 Å². The van der Waals surface area contributed by atoms with Crippen molar-refractivity contribution in [3.8, 4) is 0 Å². The molecular formula is C19H21F4N3O3S. The number of para-hydroxylation sites is 1. The zero-order valence-electron chi connectivity index (χ0n) is 16.0. The Morgan fingerprint density at radius 1 is 1.10 bits per heavy atom. The van der Waals surface area contributed by atoms with Crippen molar-refractivity contribution in [1.82, 2.24) is 10.2 Å². The van der Waals surface area contributed by atoms with Gasteiger partial charge in [0.2, 0.25) is 0 Å². The quantitative estimate of drug-likeness (QED) is 0.457. The maximum absolute atomic E-state index is 13.7. The number of sulfonamides is 1. The molecular weight excluding hydrogens is 426 g/mol. The number of carbonyl (C=O) groups excluding carboxylic acids is 1. The Hall–Kier alpha value is -2.66. The topological polar surface area (TPSA) is 78.5 Å². The first-order valence-electron chi connectivity index (χ1n) is 8.89. The molecule has 0 atom stereocenters. The molecule has 0 saturated heterocycles. The third kappa shape index (κ3) is 7.30. The minimum absolute atomic E-state index is 0.0510. The van der Waals surface area contributed by atoms with Gasteiger partial charge in [-0.15, -0.1) is 0 Å². The summed E-state index contributed by atoms with van der Waals surface area (Å²) >= 11 is 0. The van der Waals surface area contributed by atoms with Crippen LogP contribution in [0.15, 0.2) is 53.4 Å². The van der Waals surface area contributed by atoms with Gasteiger partial charge in [-0.2, -0.15) is 13.2 Å². The number of hydrogen-bond acceptors (Lipinski definition) is 4. The van der Waals surface area contributed by atoms with Crippen molar-refractivity contribution in [1.29, 1.82) is 0 Å². The van der Waals surface area contributed by atoms with Crippen molar-refractivity contribution in [2.45, 2.75) is 17.5 Å². The van der Waals surface area contributed by atoms with Gasteiger partial charge >= 0.3 is 6.18 Å². The molecule has 0 fully saturated rings. The maximum atomic E-state index is 13.7. The largest absolute Gasteiger partial charge is 0.401 e. The summed E-state index contributed by atoms with van der Waals surface area (Å²) in [5.74, 6) is -1.32. The summed E-state index contributed by atoms with van der Waals surface area (Å²) < 4.78 is 77.6. The summed E-state index contributed by atoms with van der Waals surface area (Å²) in [5, 5.41) is 2.53. The van der Waals surface area contributed by atoms with Crippen molar-refractivity contribution in [3.63, 3.8) is 0 Å². The third-order valence-corrected chi connectivity index (χ3v) is 5.34. The van der Waals surface area contributed by atoms with Gasteiger partial charge in [0.25, 0.3) is 15.9 Å². The monoisotopic (exact) mass is 447 g/mol. The predicted octanol–water partition coefficient (Wildman–Crippen LogP) is 3.24. The molecule has 0 unspecified atom stereocenters. The van der Waals surface area contributed by atoms with E-state index in [-0.39, 0.29) is 35.7 Å². The van der Waals surface area contributed by atoms with Gasteiger partial charge in [-0.25, -0.2) is 12.8 Å². The first-order valence-corrected chi connectivity index (χ1v) is 10.4. The van der Waals surface area contributed by atoms with Gasteiger partial charge < -0.3 is 5.32 Å². The number of nitrogens with zero attached hydrogens (tertiary/aromatic N) is 1. The number of benzene rings is 2. The highest BCUT2D eigenvalue weighted by molar-refractivity contribution is 7.92. The summed E-state index contributed by atoms with van der Waals surface area (Å²) in [6.07, 6.45) is -4.01.